The molecule has 19 heteroatoms. The van der Waals surface area contributed by atoms with Crippen LogP contribution < -0.4 is 24.7 Å². The Labute approximate surface area is 322 Å². The molecule has 15 nitrogen and oxygen atoms in total. The number of carbonyl (C=O) groups excluding carboxylic acids is 2. The van der Waals surface area contributed by atoms with Crippen LogP contribution in [0.4, 0.5) is 21.5 Å². The van der Waals surface area contributed by atoms with Crippen molar-refractivity contribution in [3.8, 4) is 18.1 Å². The van der Waals surface area contributed by atoms with Crippen LogP contribution in [-0.2, 0) is 49.5 Å². The Hall–Kier alpha value is -4.14. The second-order valence-corrected chi connectivity index (χ2v) is 15.5. The number of methoxy groups -OCH3 is 1. The molecular formula is C35H45ClFN6O9PS. The largest absolute Gasteiger partial charge is 0.481 e. The zero-order valence-electron chi connectivity index (χ0n) is 30.7. The Kier molecular flexibility index (Phi) is 16.4. The summed E-state index contributed by atoms with van der Waals surface area (Å²) in [5.74, 6) is 1.61. The first-order valence-corrected chi connectivity index (χ1v) is 19.8. The van der Waals surface area contributed by atoms with E-state index in [0.717, 1.165) is 48.4 Å². The molecule has 2 aromatic carbocycles. The van der Waals surface area contributed by atoms with Gasteiger partial charge in [0.25, 0.3) is 5.91 Å². The molecule has 0 spiro atoms. The van der Waals surface area contributed by atoms with Crippen LogP contribution in [0.2, 0.25) is 0 Å². The quantitative estimate of drug-likeness (QED) is 0.0893. The normalized spacial score (nSPS) is 14.4. The molecule has 0 atom stereocenters. The maximum absolute atomic E-state index is 14.5. The van der Waals surface area contributed by atoms with Gasteiger partial charge in [-0.15, -0.1) is 18.0 Å². The SMILES string of the molecule is C#CCN1C(=O)COc2cc(F)c(N=c3snc4n3CC(C)(C)C4)cc21.CCc1cccc(CC)c1N(COC)C(=O)CCl.O=C(O)CNCP(=O)(O)O. The van der Waals surface area contributed by atoms with Crippen LogP contribution in [0.3, 0.4) is 0 Å². The summed E-state index contributed by atoms with van der Waals surface area (Å²) in [5, 5.41) is 10.1. The van der Waals surface area contributed by atoms with Crippen molar-refractivity contribution < 1.29 is 47.7 Å². The highest BCUT2D eigenvalue weighted by molar-refractivity contribution is 7.51. The fourth-order valence-corrected chi connectivity index (χ4v) is 6.88. The van der Waals surface area contributed by atoms with Gasteiger partial charge in [0.1, 0.15) is 29.9 Å². The van der Waals surface area contributed by atoms with Gasteiger partial charge in [-0.2, -0.15) is 4.37 Å². The number of fused-ring (bicyclic) bond motifs is 2. The number of hydrogen-bond donors (Lipinski definition) is 4. The maximum atomic E-state index is 14.5. The molecule has 3 heterocycles. The second-order valence-electron chi connectivity index (χ2n) is 12.8. The standard InChI is InChI=1S/C18H17FN4O2S.C14H20ClNO2.C3H8NO5P/c1-4-5-22-13-7-12(11(19)6-14(13)25-9-16(22)24)20-17-23-10-18(2,3)8-15(23)21-26-17;1-4-11-7-6-8-12(5-2)14(11)16(10-18-3)13(17)9-15;5-3(6)1-4-2-10(7,8)9/h1,6-7H,5,8-10H2,2-3H3;6-8H,4-5,9-10H2,1-3H3;4H,1-2H2,(H,5,6)(H2,7,8,9). The van der Waals surface area contributed by atoms with Crippen molar-refractivity contribution in [1.29, 1.82) is 0 Å². The number of anilines is 2. The number of alkyl halides is 1. The van der Waals surface area contributed by atoms with E-state index in [1.54, 1.807) is 12.0 Å². The third kappa shape index (κ3) is 12.2. The fourth-order valence-electron chi connectivity index (χ4n) is 5.58. The number of benzene rings is 2. The van der Waals surface area contributed by atoms with Gasteiger partial charge in [-0.1, -0.05) is 51.8 Å². The van der Waals surface area contributed by atoms with E-state index in [4.69, 9.17) is 42.4 Å². The molecule has 0 unspecified atom stereocenters. The van der Waals surface area contributed by atoms with Crippen LogP contribution in [0, 0.1) is 23.6 Å². The van der Waals surface area contributed by atoms with Crippen molar-refractivity contribution >= 4 is 65.6 Å². The second kappa shape index (κ2) is 20.0. The molecule has 54 heavy (non-hydrogen) atoms. The molecule has 0 saturated heterocycles. The first-order valence-electron chi connectivity index (χ1n) is 16.7. The van der Waals surface area contributed by atoms with Gasteiger partial charge in [0.2, 0.25) is 10.7 Å². The number of hydrogen-bond acceptors (Lipinski definition) is 10. The molecule has 0 fully saturated rings. The summed E-state index contributed by atoms with van der Waals surface area (Å²) >= 11 is 6.92. The summed E-state index contributed by atoms with van der Waals surface area (Å²) in [6, 6.07) is 8.86. The number of para-hydroxylation sites is 1. The van der Waals surface area contributed by atoms with Crippen LogP contribution in [0.5, 0.6) is 5.75 Å². The minimum atomic E-state index is -4.10. The molecule has 1 aromatic heterocycles. The van der Waals surface area contributed by atoms with E-state index >= 15 is 0 Å². The third-order valence-corrected chi connectivity index (χ3v) is 9.58. The lowest BCUT2D eigenvalue weighted by Gasteiger charge is -2.28. The highest BCUT2D eigenvalue weighted by atomic mass is 35.5. The van der Waals surface area contributed by atoms with Gasteiger partial charge < -0.3 is 28.9 Å². The number of ether oxygens (including phenoxy) is 2. The summed E-state index contributed by atoms with van der Waals surface area (Å²) < 4.78 is 41.5. The van der Waals surface area contributed by atoms with E-state index in [1.165, 1.54) is 28.6 Å². The maximum Gasteiger partial charge on any atom is 0.339 e. The number of halogens is 2. The van der Waals surface area contributed by atoms with Crippen molar-refractivity contribution in [3.05, 3.63) is 57.9 Å². The van der Waals surface area contributed by atoms with Crippen LogP contribution in [0.15, 0.2) is 35.3 Å². The molecule has 0 aliphatic carbocycles. The van der Waals surface area contributed by atoms with Crippen molar-refractivity contribution in [1.82, 2.24) is 14.3 Å². The highest BCUT2D eigenvalue weighted by Crippen LogP contribution is 2.38. The van der Waals surface area contributed by atoms with Gasteiger partial charge in [0.05, 0.1) is 30.8 Å². The first-order chi connectivity index (χ1) is 25.5. The van der Waals surface area contributed by atoms with Crippen LogP contribution in [0.25, 0.3) is 0 Å². The molecular weight excluding hydrogens is 766 g/mol. The first kappa shape index (κ1) is 44.3. The number of nitrogens with zero attached hydrogens (tertiary/aromatic N) is 5. The van der Waals surface area contributed by atoms with Gasteiger partial charge in [-0.05, 0) is 35.4 Å². The van der Waals surface area contributed by atoms with Gasteiger partial charge in [-0.25, -0.2) is 9.38 Å². The van der Waals surface area contributed by atoms with Crippen molar-refractivity contribution in [2.24, 2.45) is 10.4 Å². The fraction of sp³-hybridized carbons (Fsp3) is 0.457. The van der Waals surface area contributed by atoms with E-state index in [2.05, 4.69) is 48.3 Å². The Morgan fingerprint density at radius 3 is 2.48 bits per heavy atom. The minimum absolute atomic E-state index is 0.0371. The average Bonchev–Trinajstić information content (AvgIpc) is 3.62. The van der Waals surface area contributed by atoms with Crippen molar-refractivity contribution in [3.63, 3.8) is 0 Å². The topological polar surface area (TPSA) is 196 Å². The number of nitrogens with one attached hydrogen (secondary N) is 1. The summed E-state index contributed by atoms with van der Waals surface area (Å²) in [7, 11) is -2.52. The van der Waals surface area contributed by atoms with E-state index in [0.29, 0.717) is 16.2 Å². The lowest BCUT2D eigenvalue weighted by atomic mass is 9.92. The third-order valence-electron chi connectivity index (χ3n) is 7.94. The highest BCUT2D eigenvalue weighted by Gasteiger charge is 2.31. The monoisotopic (exact) mass is 810 g/mol. The molecule has 2 aliphatic heterocycles. The van der Waals surface area contributed by atoms with Gasteiger partial charge in [0.15, 0.2) is 12.4 Å². The lowest BCUT2D eigenvalue weighted by molar-refractivity contribution is -0.135. The zero-order valence-corrected chi connectivity index (χ0v) is 33.1. The number of aryl methyl sites for hydroxylation is 2. The number of carboxylic acid groups (broad SMARTS) is 1. The molecule has 294 valence electrons. The van der Waals surface area contributed by atoms with Gasteiger partial charge in [0, 0.05) is 37.7 Å². The summed E-state index contributed by atoms with van der Waals surface area (Å²) in [5.41, 5.74) is 3.92. The van der Waals surface area contributed by atoms with Crippen LogP contribution in [-0.4, -0.2) is 87.3 Å². The predicted octanol–water partition coefficient (Wildman–Crippen LogP) is 4.04. The summed E-state index contributed by atoms with van der Waals surface area (Å²) in [4.78, 5) is 58.3. The van der Waals surface area contributed by atoms with Crippen molar-refractivity contribution in [2.75, 3.05) is 55.5 Å². The number of carboxylic acids is 1. The zero-order chi connectivity index (χ0) is 40.2. The van der Waals surface area contributed by atoms with E-state index in [9.17, 15) is 23.3 Å². The van der Waals surface area contributed by atoms with E-state index in [1.807, 2.05) is 22.8 Å². The lowest BCUT2D eigenvalue weighted by Crippen LogP contribution is -2.39. The smallest absolute Gasteiger partial charge is 0.339 e. The molecule has 2 aliphatic rings. The van der Waals surface area contributed by atoms with Gasteiger partial charge in [-0.3, -0.25) is 34.1 Å². The van der Waals surface area contributed by atoms with Crippen LogP contribution in [0.1, 0.15) is 44.6 Å². The predicted molar refractivity (Wildman–Crippen MR) is 204 cm³/mol. The Bertz CT molecular complexity index is 1950. The minimum Gasteiger partial charge on any atom is -0.481 e. The number of rotatable bonds is 12. The molecule has 4 N–H and O–H groups in total. The summed E-state index contributed by atoms with van der Waals surface area (Å²) in [6.07, 6.45) is 7.37. The van der Waals surface area contributed by atoms with Crippen molar-refractivity contribution in [2.45, 2.75) is 53.5 Å². The number of aliphatic carboxylic acids is 1. The molecule has 0 bridgehead atoms. The Morgan fingerprint density at radius 1 is 1.26 bits per heavy atom. The number of carbonyl (C=O) groups is 3. The molecule has 0 radical (unpaired) electrons. The number of aromatic nitrogens is 2. The number of amides is 2. The molecule has 0 saturated carbocycles. The Balaban J connectivity index is 0.000000244. The molecule has 5 rings (SSSR count). The van der Waals surface area contributed by atoms with Crippen LogP contribution >= 0.6 is 30.7 Å². The van der Waals surface area contributed by atoms with Gasteiger partial charge >= 0.3 is 13.6 Å². The average molecular weight is 811 g/mol. The Morgan fingerprint density at radius 2 is 1.93 bits per heavy atom. The number of terminal acetylenes is 1. The molecule has 3 aromatic rings. The summed E-state index contributed by atoms with van der Waals surface area (Å²) in [6.45, 7) is 9.00. The molecule has 2 amide bonds. The van der Waals surface area contributed by atoms with E-state index in [-0.39, 0.29) is 48.7 Å². The van der Waals surface area contributed by atoms with E-state index < -0.39 is 32.2 Å².